The molecule has 2 atom stereocenters. The van der Waals surface area contributed by atoms with Gasteiger partial charge in [-0.25, -0.2) is 4.39 Å². The van der Waals surface area contributed by atoms with E-state index in [0.29, 0.717) is 5.56 Å². The zero-order valence-electron chi connectivity index (χ0n) is 18.1. The summed E-state index contributed by atoms with van der Waals surface area (Å²) in [4.78, 5) is 10.6. The molecule has 0 saturated heterocycles. The molecule has 2 aromatic carbocycles. The minimum Gasteiger partial charge on any atom is -0.493 e. The lowest BCUT2D eigenvalue weighted by Crippen LogP contribution is -2.48. The Bertz CT molecular complexity index is 1140. The van der Waals surface area contributed by atoms with Gasteiger partial charge in [-0.2, -0.15) is 26.3 Å². The number of benzene rings is 2. The first-order valence-electron chi connectivity index (χ1n) is 10.4. The number of ether oxygens (including phenoxy) is 1. The topological polar surface area (TPSA) is 72.6 Å². The van der Waals surface area contributed by atoms with Crippen LogP contribution in [0.1, 0.15) is 47.9 Å². The first-order valence-corrected chi connectivity index (χ1v) is 10.7. The van der Waals surface area contributed by atoms with E-state index in [2.05, 4.69) is 0 Å². The fraction of sp³-hybridized carbons (Fsp3) is 0.455. The van der Waals surface area contributed by atoms with Crippen molar-refractivity contribution in [2.24, 2.45) is 0 Å². The van der Waals surface area contributed by atoms with Crippen LogP contribution in [0.25, 0.3) is 0 Å². The van der Waals surface area contributed by atoms with Crippen molar-refractivity contribution in [1.29, 1.82) is 0 Å². The lowest BCUT2D eigenvalue weighted by molar-refractivity contribution is -0.385. The Hall–Kier alpha value is -2.60. The number of fused-ring (bicyclic) bond motifs is 1. The number of aliphatic hydroxyl groups is 1. The van der Waals surface area contributed by atoms with E-state index in [1.165, 1.54) is 13.0 Å². The molecule has 5 nitrogen and oxygen atoms in total. The molecule has 0 aliphatic carbocycles. The second-order valence-corrected chi connectivity index (χ2v) is 8.73. The second-order valence-electron chi connectivity index (χ2n) is 8.32. The largest absolute Gasteiger partial charge is 0.493 e. The molecule has 0 saturated carbocycles. The van der Waals surface area contributed by atoms with Crippen LogP contribution in [0.2, 0.25) is 5.02 Å². The van der Waals surface area contributed by atoms with Gasteiger partial charge in [0.15, 0.2) is 5.60 Å². The molecular formula is C22H19ClF7NO4. The van der Waals surface area contributed by atoms with Crippen molar-refractivity contribution in [1.82, 2.24) is 0 Å². The van der Waals surface area contributed by atoms with Gasteiger partial charge < -0.3 is 9.84 Å². The molecule has 0 aromatic heterocycles. The number of hydrogen-bond donors (Lipinski definition) is 1. The van der Waals surface area contributed by atoms with E-state index in [9.17, 15) is 46.0 Å². The van der Waals surface area contributed by atoms with E-state index in [1.54, 1.807) is 0 Å². The van der Waals surface area contributed by atoms with Gasteiger partial charge >= 0.3 is 12.4 Å². The Labute approximate surface area is 199 Å². The predicted octanol–water partition coefficient (Wildman–Crippen LogP) is 6.76. The number of rotatable bonds is 7. The maximum atomic E-state index is 14.5. The number of halogens is 8. The van der Waals surface area contributed by atoms with E-state index in [-0.39, 0.29) is 48.6 Å². The molecule has 0 bridgehead atoms. The standard InChI is InChI=1S/C22H19ClF7NO4/c1-2-11(16-8-15(31(33)34)6-12-3-4-35-19(12)16)9-20(32,22(28,29)30)10-13-5-14(21(25,26)27)7-17(23)18(13)24/h5-8,11,32H,2-4,9-10H2,1H3. The van der Waals surface area contributed by atoms with Crippen molar-refractivity contribution >= 4 is 17.3 Å². The summed E-state index contributed by atoms with van der Waals surface area (Å²) < 4.78 is 102. The van der Waals surface area contributed by atoms with E-state index < -0.39 is 63.6 Å². The van der Waals surface area contributed by atoms with Gasteiger partial charge in [-0.05, 0) is 36.5 Å². The number of alkyl halides is 6. The lowest BCUT2D eigenvalue weighted by Gasteiger charge is -2.34. The quantitative estimate of drug-likeness (QED) is 0.244. The summed E-state index contributed by atoms with van der Waals surface area (Å²) in [6, 6.07) is 2.71. The van der Waals surface area contributed by atoms with Gasteiger partial charge in [-0.1, -0.05) is 18.5 Å². The third-order valence-electron chi connectivity index (χ3n) is 5.97. The van der Waals surface area contributed by atoms with Crippen LogP contribution >= 0.6 is 11.6 Å². The molecule has 1 N–H and O–H groups in total. The Morgan fingerprint density at radius 1 is 1.17 bits per heavy atom. The maximum Gasteiger partial charge on any atom is 0.417 e. The molecule has 2 aromatic rings. The number of nitro benzene ring substituents is 1. The van der Waals surface area contributed by atoms with Gasteiger partial charge in [0.05, 0.1) is 22.1 Å². The van der Waals surface area contributed by atoms with Crippen LogP contribution in [-0.4, -0.2) is 28.4 Å². The van der Waals surface area contributed by atoms with Gasteiger partial charge in [-0.15, -0.1) is 0 Å². The van der Waals surface area contributed by atoms with Crippen LogP contribution in [0, 0.1) is 15.9 Å². The zero-order valence-corrected chi connectivity index (χ0v) is 18.8. The van der Waals surface area contributed by atoms with Crippen molar-refractivity contribution in [3.8, 4) is 5.75 Å². The first kappa shape index (κ1) is 27.0. The summed E-state index contributed by atoms with van der Waals surface area (Å²) in [5.41, 5.74) is -6.13. The van der Waals surface area contributed by atoms with Crippen molar-refractivity contribution in [3.05, 3.63) is 67.5 Å². The third kappa shape index (κ3) is 5.48. The molecule has 2 unspecified atom stereocenters. The van der Waals surface area contributed by atoms with Crippen LogP contribution in [0.5, 0.6) is 5.75 Å². The highest BCUT2D eigenvalue weighted by Gasteiger charge is 2.55. The van der Waals surface area contributed by atoms with Crippen LogP contribution in [0.3, 0.4) is 0 Å². The molecular weight excluding hydrogens is 511 g/mol. The van der Waals surface area contributed by atoms with Crippen molar-refractivity contribution in [2.45, 2.75) is 56.5 Å². The lowest BCUT2D eigenvalue weighted by atomic mass is 9.79. The van der Waals surface area contributed by atoms with Gasteiger partial charge in [0, 0.05) is 36.1 Å². The van der Waals surface area contributed by atoms with Crippen LogP contribution in [0.4, 0.5) is 36.4 Å². The monoisotopic (exact) mass is 529 g/mol. The van der Waals surface area contributed by atoms with E-state index >= 15 is 0 Å². The van der Waals surface area contributed by atoms with Gasteiger partial charge in [0.25, 0.3) is 5.69 Å². The second kappa shape index (κ2) is 9.45. The first-order chi connectivity index (χ1) is 16.1. The number of non-ortho nitro benzene ring substituents is 1. The third-order valence-corrected chi connectivity index (χ3v) is 6.24. The minimum atomic E-state index is -5.39. The Morgan fingerprint density at radius 2 is 1.83 bits per heavy atom. The van der Waals surface area contributed by atoms with Crippen LogP contribution in [-0.2, 0) is 19.0 Å². The van der Waals surface area contributed by atoms with Gasteiger partial charge in [0.2, 0.25) is 0 Å². The number of nitro groups is 1. The fourth-order valence-corrected chi connectivity index (χ4v) is 4.39. The molecule has 1 heterocycles. The molecule has 35 heavy (non-hydrogen) atoms. The summed E-state index contributed by atoms with van der Waals surface area (Å²) in [6.07, 6.45) is -12.8. The van der Waals surface area contributed by atoms with Gasteiger partial charge in [0.1, 0.15) is 11.6 Å². The van der Waals surface area contributed by atoms with E-state index in [0.717, 1.165) is 6.07 Å². The molecule has 0 spiro atoms. The molecule has 0 amide bonds. The SMILES string of the molecule is CCC(CC(O)(Cc1cc(C(F)(F)F)cc(Cl)c1F)C(F)(F)F)c1cc([N+](=O)[O-])cc2c1OCC2. The molecule has 3 rings (SSSR count). The van der Waals surface area contributed by atoms with E-state index in [4.69, 9.17) is 16.3 Å². The normalized spacial score (nSPS) is 16.4. The van der Waals surface area contributed by atoms with Gasteiger partial charge in [-0.3, -0.25) is 10.1 Å². The van der Waals surface area contributed by atoms with E-state index in [1.807, 2.05) is 0 Å². The molecule has 192 valence electrons. The summed E-state index contributed by atoms with van der Waals surface area (Å²) >= 11 is 5.49. The fourth-order valence-electron chi connectivity index (χ4n) is 4.15. The highest BCUT2D eigenvalue weighted by Crippen LogP contribution is 2.47. The Kier molecular flexibility index (Phi) is 7.29. The highest BCUT2D eigenvalue weighted by atomic mass is 35.5. The van der Waals surface area contributed by atoms with Crippen molar-refractivity contribution in [3.63, 3.8) is 0 Å². The molecule has 0 fully saturated rings. The average molecular weight is 530 g/mol. The summed E-state index contributed by atoms with van der Waals surface area (Å²) in [5.74, 6) is -2.51. The summed E-state index contributed by atoms with van der Waals surface area (Å²) in [7, 11) is 0. The Balaban J connectivity index is 2.07. The average Bonchev–Trinajstić information content (AvgIpc) is 3.21. The maximum absolute atomic E-state index is 14.5. The zero-order chi connectivity index (χ0) is 26.3. The molecule has 1 aliphatic rings. The van der Waals surface area contributed by atoms with Crippen LogP contribution in [0.15, 0.2) is 24.3 Å². The van der Waals surface area contributed by atoms with Crippen molar-refractivity contribution < 1.29 is 45.5 Å². The highest BCUT2D eigenvalue weighted by molar-refractivity contribution is 6.30. The summed E-state index contributed by atoms with van der Waals surface area (Å²) in [5, 5.41) is 21.0. The van der Waals surface area contributed by atoms with Crippen LogP contribution < -0.4 is 4.74 Å². The van der Waals surface area contributed by atoms with Crippen molar-refractivity contribution in [2.75, 3.05) is 6.61 Å². The molecule has 0 radical (unpaired) electrons. The predicted molar refractivity (Wildman–Crippen MR) is 111 cm³/mol. The number of nitrogens with zero attached hydrogens (tertiary/aromatic N) is 1. The number of hydrogen-bond acceptors (Lipinski definition) is 4. The molecule has 13 heteroatoms. The smallest absolute Gasteiger partial charge is 0.417 e. The Morgan fingerprint density at radius 3 is 2.37 bits per heavy atom. The minimum absolute atomic E-state index is 0.0405. The summed E-state index contributed by atoms with van der Waals surface area (Å²) in [6.45, 7) is 1.63. The molecule has 1 aliphatic heterocycles.